The van der Waals surface area contributed by atoms with Gasteiger partial charge in [-0.25, -0.2) is 9.69 Å². The standard InChI is InChI=1S/C43H33NO7/c1-49-32-22-16-26(17-23-32)34-35(27-18-24-33(50-2)25-19-27)43(30-12-8-5-9-13-30)37-36(42(34,41(43)48)29-10-6-4-7-11-29)38(45)44(39(37)46)31-20-14-28(15-21-31)40(47)51-3/h4-25,36-37H,1-3H3/t36-,37+,42-,43-/m0/s1. The van der Waals surface area contributed by atoms with Gasteiger partial charge in [0.2, 0.25) is 11.8 Å². The van der Waals surface area contributed by atoms with Crippen molar-refractivity contribution in [3.63, 3.8) is 0 Å². The number of amides is 2. The molecule has 2 aliphatic carbocycles. The van der Waals surface area contributed by atoms with E-state index in [9.17, 15) is 4.79 Å². The van der Waals surface area contributed by atoms with Crippen LogP contribution in [0.2, 0.25) is 0 Å². The number of ether oxygens (including phenoxy) is 3. The van der Waals surface area contributed by atoms with Crippen molar-refractivity contribution in [3.8, 4) is 11.5 Å². The Balaban J connectivity index is 1.49. The minimum Gasteiger partial charge on any atom is -0.497 e. The number of ketones is 1. The molecule has 0 radical (unpaired) electrons. The first-order valence-corrected chi connectivity index (χ1v) is 16.6. The van der Waals surface area contributed by atoms with Crippen molar-refractivity contribution in [2.75, 3.05) is 26.2 Å². The number of hydrogen-bond acceptors (Lipinski definition) is 7. The summed E-state index contributed by atoms with van der Waals surface area (Å²) in [5, 5.41) is 0. The van der Waals surface area contributed by atoms with Gasteiger partial charge in [0.1, 0.15) is 11.5 Å². The molecule has 0 unspecified atom stereocenters. The summed E-state index contributed by atoms with van der Waals surface area (Å²) in [6.45, 7) is 0. The Labute approximate surface area is 294 Å². The molecule has 0 spiro atoms. The minimum absolute atomic E-state index is 0.221. The molecule has 5 aromatic rings. The van der Waals surface area contributed by atoms with Crippen LogP contribution in [0, 0.1) is 11.8 Å². The largest absolute Gasteiger partial charge is 0.497 e. The maximum absolute atomic E-state index is 16.1. The molecule has 5 aromatic carbocycles. The van der Waals surface area contributed by atoms with Crippen LogP contribution in [0.3, 0.4) is 0 Å². The monoisotopic (exact) mass is 675 g/mol. The van der Waals surface area contributed by atoms with Gasteiger partial charge in [0, 0.05) is 0 Å². The van der Waals surface area contributed by atoms with Crippen LogP contribution in [0.4, 0.5) is 5.69 Å². The summed E-state index contributed by atoms with van der Waals surface area (Å²) in [6.07, 6.45) is 0. The van der Waals surface area contributed by atoms with Crippen LogP contribution in [0.25, 0.3) is 11.1 Å². The van der Waals surface area contributed by atoms with E-state index in [0.29, 0.717) is 39.5 Å². The molecule has 2 fully saturated rings. The van der Waals surface area contributed by atoms with Crippen molar-refractivity contribution in [1.29, 1.82) is 0 Å². The molecule has 8 rings (SSSR count). The molecule has 1 saturated heterocycles. The van der Waals surface area contributed by atoms with E-state index in [4.69, 9.17) is 14.2 Å². The van der Waals surface area contributed by atoms with Crippen LogP contribution in [0.1, 0.15) is 32.6 Å². The van der Waals surface area contributed by atoms with Crippen molar-refractivity contribution in [2.45, 2.75) is 10.8 Å². The van der Waals surface area contributed by atoms with Gasteiger partial charge in [-0.05, 0) is 81.9 Å². The van der Waals surface area contributed by atoms with Crippen LogP contribution in [-0.4, -0.2) is 44.9 Å². The van der Waals surface area contributed by atoms with Crippen molar-refractivity contribution in [1.82, 2.24) is 0 Å². The average Bonchev–Trinajstić information content (AvgIpc) is 3.70. The molecule has 51 heavy (non-hydrogen) atoms. The van der Waals surface area contributed by atoms with E-state index < -0.39 is 40.4 Å². The normalized spacial score (nSPS) is 23.4. The van der Waals surface area contributed by atoms with Gasteiger partial charge in [-0.3, -0.25) is 14.4 Å². The van der Waals surface area contributed by atoms with Gasteiger partial charge in [0.25, 0.3) is 0 Å². The average molecular weight is 676 g/mol. The molecule has 1 saturated carbocycles. The number of carbonyl (C=O) groups excluding carboxylic acids is 4. The van der Waals surface area contributed by atoms with E-state index in [0.717, 1.165) is 11.1 Å². The summed E-state index contributed by atoms with van der Waals surface area (Å²) in [7, 11) is 4.47. The molecule has 8 nitrogen and oxygen atoms in total. The van der Waals surface area contributed by atoms with E-state index >= 15 is 14.4 Å². The highest BCUT2D eigenvalue weighted by molar-refractivity contribution is 6.39. The Morgan fingerprint density at radius 1 is 0.549 bits per heavy atom. The number of esters is 1. The fraction of sp³-hybridized carbons (Fsp3) is 0.163. The highest BCUT2D eigenvalue weighted by Crippen LogP contribution is 2.74. The van der Waals surface area contributed by atoms with Gasteiger partial charge in [0.05, 0.1) is 55.2 Å². The van der Waals surface area contributed by atoms with Gasteiger partial charge in [-0.2, -0.15) is 0 Å². The zero-order valence-electron chi connectivity index (χ0n) is 28.2. The first kappa shape index (κ1) is 32.0. The van der Waals surface area contributed by atoms with Crippen molar-refractivity contribution >= 4 is 40.4 Å². The minimum atomic E-state index is -1.56. The molecule has 3 aliphatic rings. The van der Waals surface area contributed by atoms with Gasteiger partial charge in [-0.1, -0.05) is 84.9 Å². The highest BCUT2D eigenvalue weighted by Gasteiger charge is 2.82. The molecule has 4 atom stereocenters. The number of methoxy groups -OCH3 is 3. The number of benzene rings is 5. The third-order valence-electron chi connectivity index (χ3n) is 10.8. The quantitative estimate of drug-likeness (QED) is 0.134. The number of anilines is 1. The Morgan fingerprint density at radius 2 is 0.961 bits per heavy atom. The predicted octanol–water partition coefficient (Wildman–Crippen LogP) is 6.68. The van der Waals surface area contributed by atoms with Gasteiger partial charge < -0.3 is 14.2 Å². The first-order chi connectivity index (χ1) is 24.8. The molecule has 0 aromatic heterocycles. The second-order valence-electron chi connectivity index (χ2n) is 12.9. The Bertz CT molecular complexity index is 2100. The Kier molecular flexibility index (Phi) is 7.49. The molecule has 252 valence electrons. The summed E-state index contributed by atoms with van der Waals surface area (Å²) in [5.41, 5.74) is 1.53. The van der Waals surface area contributed by atoms with Gasteiger partial charge in [-0.15, -0.1) is 0 Å². The molecule has 2 amide bonds. The second-order valence-corrected chi connectivity index (χ2v) is 12.9. The van der Waals surface area contributed by atoms with Crippen LogP contribution in [0.5, 0.6) is 11.5 Å². The third kappa shape index (κ3) is 4.26. The summed E-state index contributed by atoms with van der Waals surface area (Å²) >= 11 is 0. The number of imide groups is 1. The Hall–Kier alpha value is -6.28. The van der Waals surface area contributed by atoms with E-state index in [2.05, 4.69) is 0 Å². The lowest BCUT2D eigenvalue weighted by molar-refractivity contribution is -0.130. The lowest BCUT2D eigenvalue weighted by Gasteiger charge is -2.39. The zero-order chi connectivity index (χ0) is 35.5. The molecular weight excluding hydrogens is 642 g/mol. The van der Waals surface area contributed by atoms with Crippen molar-refractivity contribution in [3.05, 3.63) is 161 Å². The lowest BCUT2D eigenvalue weighted by Crippen LogP contribution is -2.45. The molecule has 1 heterocycles. The fourth-order valence-corrected chi connectivity index (χ4v) is 8.76. The smallest absolute Gasteiger partial charge is 0.337 e. The van der Waals surface area contributed by atoms with E-state index in [1.165, 1.54) is 24.1 Å². The lowest BCUT2D eigenvalue weighted by atomic mass is 9.59. The van der Waals surface area contributed by atoms with Crippen LogP contribution < -0.4 is 14.4 Å². The SMILES string of the molecule is COC(=O)c1ccc(N2C(=O)[C@@H]3[C@H](C2=O)[C@@]2(c4ccccc4)C(=O)[C@@]3(c3ccccc3)C(c3ccc(OC)cc3)=C2c2ccc(OC)cc2)cc1. The fourth-order valence-electron chi connectivity index (χ4n) is 8.76. The van der Waals surface area contributed by atoms with E-state index in [1.54, 1.807) is 26.4 Å². The van der Waals surface area contributed by atoms with Gasteiger partial charge >= 0.3 is 5.97 Å². The Morgan fingerprint density at radius 3 is 1.33 bits per heavy atom. The number of nitrogens with zero attached hydrogens (tertiary/aromatic N) is 1. The molecule has 1 aliphatic heterocycles. The number of carbonyl (C=O) groups is 4. The second kappa shape index (κ2) is 11.9. The molecular formula is C43H33NO7. The molecule has 2 bridgehead atoms. The zero-order valence-corrected chi connectivity index (χ0v) is 28.2. The summed E-state index contributed by atoms with van der Waals surface area (Å²) < 4.78 is 15.9. The van der Waals surface area contributed by atoms with Gasteiger partial charge in [0.15, 0.2) is 5.78 Å². The summed E-state index contributed by atoms with van der Waals surface area (Å²) in [4.78, 5) is 59.8. The van der Waals surface area contributed by atoms with E-state index in [1.807, 2.05) is 109 Å². The van der Waals surface area contributed by atoms with Crippen molar-refractivity contribution < 1.29 is 33.4 Å². The predicted molar refractivity (Wildman–Crippen MR) is 191 cm³/mol. The number of Topliss-reactive ketones (excluding diaryl/α,β-unsaturated/α-hetero) is 1. The van der Waals surface area contributed by atoms with E-state index in [-0.39, 0.29) is 11.3 Å². The summed E-state index contributed by atoms with van der Waals surface area (Å²) in [6, 6.07) is 39.9. The molecule has 0 N–H and O–H groups in total. The number of hydrogen-bond donors (Lipinski definition) is 0. The third-order valence-corrected chi connectivity index (χ3v) is 10.8. The topological polar surface area (TPSA) is 99.2 Å². The maximum Gasteiger partial charge on any atom is 0.337 e. The first-order valence-electron chi connectivity index (χ1n) is 16.6. The van der Waals surface area contributed by atoms with Crippen LogP contribution >= 0.6 is 0 Å². The maximum atomic E-state index is 16.1. The number of fused-ring (bicyclic) bond motifs is 5. The number of allylic oxidation sites excluding steroid dienone is 2. The van der Waals surface area contributed by atoms with Crippen LogP contribution in [0.15, 0.2) is 133 Å². The number of rotatable bonds is 8. The summed E-state index contributed by atoms with van der Waals surface area (Å²) in [5.74, 6) is -2.61. The highest BCUT2D eigenvalue weighted by atomic mass is 16.5. The van der Waals surface area contributed by atoms with Crippen LogP contribution in [-0.2, 0) is 30.0 Å². The van der Waals surface area contributed by atoms with Crippen molar-refractivity contribution in [2.24, 2.45) is 11.8 Å². The molecule has 8 heteroatoms.